The lowest BCUT2D eigenvalue weighted by molar-refractivity contribution is 0.102. The predicted molar refractivity (Wildman–Crippen MR) is 84.7 cm³/mol. The lowest BCUT2D eigenvalue weighted by Crippen LogP contribution is -2.14. The van der Waals surface area contributed by atoms with E-state index in [2.05, 4.69) is 33.6 Å². The molecule has 21 heavy (non-hydrogen) atoms. The van der Waals surface area contributed by atoms with Gasteiger partial charge in [0.05, 0.1) is 12.4 Å². The summed E-state index contributed by atoms with van der Waals surface area (Å²) in [4.78, 5) is 20.4. The summed E-state index contributed by atoms with van der Waals surface area (Å²) in [6.07, 6.45) is 4.07. The Balaban J connectivity index is 2.06. The molecule has 1 amide bonds. The van der Waals surface area contributed by atoms with Gasteiger partial charge >= 0.3 is 0 Å². The van der Waals surface area contributed by atoms with Crippen LogP contribution in [-0.2, 0) is 0 Å². The second kappa shape index (κ2) is 6.83. The quantitative estimate of drug-likeness (QED) is 0.885. The summed E-state index contributed by atoms with van der Waals surface area (Å²) in [6.45, 7) is 6.90. The van der Waals surface area contributed by atoms with Crippen LogP contribution in [0.1, 0.15) is 35.0 Å². The fraction of sp³-hybridized carbons (Fsp3) is 0.312. The van der Waals surface area contributed by atoms with Crippen LogP contribution in [0.3, 0.4) is 0 Å². The van der Waals surface area contributed by atoms with Gasteiger partial charge in [-0.25, -0.2) is 9.97 Å². The number of rotatable bonds is 5. The summed E-state index contributed by atoms with van der Waals surface area (Å²) in [5.74, 6) is 0.425. The van der Waals surface area contributed by atoms with Crippen LogP contribution in [0, 0.1) is 13.8 Å². The van der Waals surface area contributed by atoms with Crippen molar-refractivity contribution in [3.63, 3.8) is 0 Å². The van der Waals surface area contributed by atoms with Crippen LogP contribution in [0.4, 0.5) is 11.5 Å². The maximum Gasteiger partial charge on any atom is 0.275 e. The Morgan fingerprint density at radius 2 is 1.81 bits per heavy atom. The van der Waals surface area contributed by atoms with Crippen molar-refractivity contribution in [2.45, 2.75) is 27.2 Å². The van der Waals surface area contributed by atoms with Gasteiger partial charge in [0.15, 0.2) is 0 Å². The van der Waals surface area contributed by atoms with Gasteiger partial charge in [0.25, 0.3) is 5.91 Å². The van der Waals surface area contributed by atoms with E-state index >= 15 is 0 Å². The molecule has 1 aromatic heterocycles. The largest absolute Gasteiger partial charge is 0.369 e. The van der Waals surface area contributed by atoms with Crippen LogP contribution in [0.2, 0.25) is 0 Å². The minimum atomic E-state index is -0.255. The van der Waals surface area contributed by atoms with E-state index in [1.165, 1.54) is 6.20 Å². The lowest BCUT2D eigenvalue weighted by atomic mass is 10.1. The summed E-state index contributed by atoms with van der Waals surface area (Å²) in [5.41, 5.74) is 3.29. The Morgan fingerprint density at radius 1 is 1.10 bits per heavy atom. The highest BCUT2D eigenvalue weighted by Crippen LogP contribution is 2.14. The van der Waals surface area contributed by atoms with Gasteiger partial charge in [0, 0.05) is 12.2 Å². The zero-order chi connectivity index (χ0) is 15.2. The molecule has 0 fully saturated rings. The van der Waals surface area contributed by atoms with E-state index in [1.54, 1.807) is 6.20 Å². The molecular formula is C16H20N4O. The topological polar surface area (TPSA) is 66.9 Å². The van der Waals surface area contributed by atoms with E-state index in [0.29, 0.717) is 11.5 Å². The van der Waals surface area contributed by atoms with Crippen molar-refractivity contribution in [2.24, 2.45) is 0 Å². The molecule has 2 N–H and O–H groups in total. The highest BCUT2D eigenvalue weighted by molar-refractivity contribution is 6.02. The smallest absolute Gasteiger partial charge is 0.275 e. The minimum Gasteiger partial charge on any atom is -0.369 e. The molecule has 0 bridgehead atoms. The molecule has 5 nitrogen and oxygen atoms in total. The molecule has 2 aromatic rings. The van der Waals surface area contributed by atoms with Gasteiger partial charge in [-0.05, 0) is 43.5 Å². The number of nitrogens with zero attached hydrogens (tertiary/aromatic N) is 2. The van der Waals surface area contributed by atoms with Crippen molar-refractivity contribution in [1.82, 2.24) is 9.97 Å². The molecule has 0 aliphatic carbocycles. The van der Waals surface area contributed by atoms with Crippen LogP contribution < -0.4 is 10.6 Å². The molecule has 1 heterocycles. The monoisotopic (exact) mass is 284 g/mol. The molecule has 2 rings (SSSR count). The van der Waals surface area contributed by atoms with E-state index in [1.807, 2.05) is 26.0 Å². The van der Waals surface area contributed by atoms with E-state index in [9.17, 15) is 4.79 Å². The summed E-state index contributed by atoms with van der Waals surface area (Å²) < 4.78 is 0. The van der Waals surface area contributed by atoms with Crippen molar-refractivity contribution >= 4 is 17.4 Å². The summed E-state index contributed by atoms with van der Waals surface area (Å²) in [5, 5.41) is 5.96. The maximum atomic E-state index is 12.1. The van der Waals surface area contributed by atoms with E-state index in [4.69, 9.17) is 0 Å². The predicted octanol–water partition coefficient (Wildman–Crippen LogP) is 3.17. The van der Waals surface area contributed by atoms with Crippen molar-refractivity contribution in [3.8, 4) is 0 Å². The molecular weight excluding hydrogens is 264 g/mol. The Morgan fingerprint density at radius 3 is 2.38 bits per heavy atom. The van der Waals surface area contributed by atoms with Crippen LogP contribution in [0.25, 0.3) is 0 Å². The summed E-state index contributed by atoms with van der Waals surface area (Å²) in [6, 6.07) is 5.91. The number of aromatic nitrogens is 2. The summed E-state index contributed by atoms with van der Waals surface area (Å²) in [7, 11) is 0. The number of hydrogen-bond donors (Lipinski definition) is 2. The first kappa shape index (κ1) is 15.0. The van der Waals surface area contributed by atoms with Crippen LogP contribution in [-0.4, -0.2) is 22.4 Å². The molecule has 0 radical (unpaired) electrons. The van der Waals surface area contributed by atoms with Crippen molar-refractivity contribution in [2.75, 3.05) is 17.2 Å². The van der Waals surface area contributed by atoms with Crippen LogP contribution in [0.15, 0.2) is 30.6 Å². The average molecular weight is 284 g/mol. The standard InChI is InChI=1S/C16H20N4O/c1-4-5-17-15-10-18-14(9-19-15)16(21)20-13-7-11(2)6-12(3)8-13/h6-10H,4-5H2,1-3H3,(H,17,19)(H,20,21). The first-order chi connectivity index (χ1) is 10.1. The first-order valence-electron chi connectivity index (χ1n) is 7.04. The normalized spacial score (nSPS) is 10.2. The molecule has 1 aromatic carbocycles. The molecule has 5 heteroatoms. The third-order valence-electron chi connectivity index (χ3n) is 2.92. The first-order valence-corrected chi connectivity index (χ1v) is 7.04. The third kappa shape index (κ3) is 4.27. The van der Waals surface area contributed by atoms with Gasteiger partial charge < -0.3 is 10.6 Å². The number of nitrogens with one attached hydrogen (secondary N) is 2. The lowest BCUT2D eigenvalue weighted by Gasteiger charge is -2.08. The number of anilines is 2. The molecule has 0 aliphatic heterocycles. The second-order valence-electron chi connectivity index (χ2n) is 5.04. The highest BCUT2D eigenvalue weighted by atomic mass is 16.1. The summed E-state index contributed by atoms with van der Waals surface area (Å²) >= 11 is 0. The molecule has 0 saturated carbocycles. The molecule has 0 unspecified atom stereocenters. The van der Waals surface area contributed by atoms with Crippen molar-refractivity contribution in [1.29, 1.82) is 0 Å². The number of carbonyl (C=O) groups excluding carboxylic acids is 1. The Kier molecular flexibility index (Phi) is 4.87. The second-order valence-corrected chi connectivity index (χ2v) is 5.04. The number of amides is 1. The number of benzene rings is 1. The van der Waals surface area contributed by atoms with E-state index in [-0.39, 0.29) is 5.91 Å². The third-order valence-corrected chi connectivity index (χ3v) is 2.92. The maximum absolute atomic E-state index is 12.1. The molecule has 110 valence electrons. The van der Waals surface area contributed by atoms with Gasteiger partial charge in [-0.1, -0.05) is 13.0 Å². The van der Waals surface area contributed by atoms with Gasteiger partial charge in [-0.15, -0.1) is 0 Å². The van der Waals surface area contributed by atoms with Crippen molar-refractivity contribution in [3.05, 3.63) is 47.4 Å². The number of aryl methyl sites for hydroxylation is 2. The van der Waals surface area contributed by atoms with Crippen LogP contribution >= 0.6 is 0 Å². The SMILES string of the molecule is CCCNc1cnc(C(=O)Nc2cc(C)cc(C)c2)cn1. The van der Waals surface area contributed by atoms with Gasteiger partial charge in [-0.2, -0.15) is 0 Å². The number of carbonyl (C=O) groups is 1. The Bertz CT molecular complexity index is 602. The Hall–Kier alpha value is -2.43. The number of hydrogen-bond acceptors (Lipinski definition) is 4. The molecule has 0 saturated heterocycles. The van der Waals surface area contributed by atoms with E-state index in [0.717, 1.165) is 29.8 Å². The Labute approximate surface area is 124 Å². The molecule has 0 spiro atoms. The van der Waals surface area contributed by atoms with Gasteiger partial charge in [0.2, 0.25) is 0 Å². The van der Waals surface area contributed by atoms with E-state index < -0.39 is 0 Å². The van der Waals surface area contributed by atoms with Gasteiger partial charge in [0.1, 0.15) is 11.5 Å². The van der Waals surface area contributed by atoms with Gasteiger partial charge in [-0.3, -0.25) is 4.79 Å². The minimum absolute atomic E-state index is 0.255. The van der Waals surface area contributed by atoms with Crippen molar-refractivity contribution < 1.29 is 4.79 Å². The highest BCUT2D eigenvalue weighted by Gasteiger charge is 2.09. The zero-order valence-corrected chi connectivity index (χ0v) is 12.6. The van der Waals surface area contributed by atoms with Crippen LogP contribution in [0.5, 0.6) is 0 Å². The molecule has 0 aliphatic rings. The fourth-order valence-corrected chi connectivity index (χ4v) is 2.03. The fourth-order valence-electron chi connectivity index (χ4n) is 2.03. The molecule has 0 atom stereocenters. The average Bonchev–Trinajstić information content (AvgIpc) is 2.44. The zero-order valence-electron chi connectivity index (χ0n) is 12.6.